The highest BCUT2D eigenvalue weighted by molar-refractivity contribution is 7.99. The molecule has 2 N–H and O–H groups in total. The van der Waals surface area contributed by atoms with Crippen LogP contribution >= 0.6 is 11.8 Å². The minimum atomic E-state index is -0.379. The van der Waals surface area contributed by atoms with E-state index in [4.69, 9.17) is 10.5 Å². The van der Waals surface area contributed by atoms with Crippen LogP contribution in [0.1, 0.15) is 11.1 Å². The highest BCUT2D eigenvalue weighted by Crippen LogP contribution is 2.40. The average molecular weight is 349 g/mol. The summed E-state index contributed by atoms with van der Waals surface area (Å²) in [5, 5.41) is 0.733. The van der Waals surface area contributed by atoms with Gasteiger partial charge in [0.25, 0.3) is 0 Å². The first-order chi connectivity index (χ1) is 12.2. The standard InChI is InChI=1S/C19H15N3O2S/c20-16(23)11-25-19-14-10-13-8-4-5-9-15(13)24-18(14)21-17(22-19)12-6-2-1-3-7-12/h1-9H,10-11H2,(H2,20,23). The number of amides is 1. The lowest BCUT2D eigenvalue weighted by Crippen LogP contribution is -2.14. The summed E-state index contributed by atoms with van der Waals surface area (Å²) in [4.78, 5) is 20.5. The SMILES string of the molecule is NC(=O)CSc1nc(-c2ccccc2)nc2c1Cc1ccccc1O2. The number of hydrogen-bond acceptors (Lipinski definition) is 5. The Morgan fingerprint density at radius 3 is 2.64 bits per heavy atom. The molecule has 4 rings (SSSR count). The predicted octanol–water partition coefficient (Wildman–Crippen LogP) is 3.42. The molecule has 1 aromatic heterocycles. The Morgan fingerprint density at radius 1 is 1.08 bits per heavy atom. The number of hydrogen-bond donors (Lipinski definition) is 1. The quantitative estimate of drug-likeness (QED) is 0.451. The van der Waals surface area contributed by atoms with Crippen molar-refractivity contribution >= 4 is 17.7 Å². The van der Waals surface area contributed by atoms with Gasteiger partial charge < -0.3 is 10.5 Å². The maximum absolute atomic E-state index is 11.2. The van der Waals surface area contributed by atoms with E-state index in [-0.39, 0.29) is 11.7 Å². The molecule has 1 amide bonds. The highest BCUT2D eigenvalue weighted by atomic mass is 32.2. The fourth-order valence-corrected chi connectivity index (χ4v) is 3.46. The zero-order valence-corrected chi connectivity index (χ0v) is 14.1. The van der Waals surface area contributed by atoms with E-state index in [0.717, 1.165) is 27.5 Å². The fraction of sp³-hybridized carbons (Fsp3) is 0.105. The van der Waals surface area contributed by atoms with Crippen LogP contribution in [0, 0.1) is 0 Å². The average Bonchev–Trinajstić information content (AvgIpc) is 2.65. The maximum Gasteiger partial charge on any atom is 0.227 e. The number of nitrogens with zero attached hydrogens (tertiary/aromatic N) is 2. The van der Waals surface area contributed by atoms with Crippen LogP contribution in [-0.4, -0.2) is 21.6 Å². The van der Waals surface area contributed by atoms with Crippen LogP contribution in [0.4, 0.5) is 0 Å². The monoisotopic (exact) mass is 349 g/mol. The van der Waals surface area contributed by atoms with Crippen LogP contribution in [0.5, 0.6) is 11.6 Å². The lowest BCUT2D eigenvalue weighted by atomic mass is 10.0. The summed E-state index contributed by atoms with van der Waals surface area (Å²) in [6.45, 7) is 0. The van der Waals surface area contributed by atoms with Gasteiger partial charge in [0.05, 0.1) is 11.3 Å². The van der Waals surface area contributed by atoms with Gasteiger partial charge in [-0.3, -0.25) is 4.79 Å². The molecule has 0 saturated carbocycles. The van der Waals surface area contributed by atoms with Gasteiger partial charge in [-0.15, -0.1) is 0 Å². The minimum Gasteiger partial charge on any atom is -0.438 e. The van der Waals surface area contributed by atoms with E-state index in [2.05, 4.69) is 9.97 Å². The molecular formula is C19H15N3O2S. The summed E-state index contributed by atoms with van der Waals surface area (Å²) in [5.74, 6) is 1.71. The molecule has 2 heterocycles. The van der Waals surface area contributed by atoms with E-state index in [1.165, 1.54) is 11.8 Å². The fourth-order valence-electron chi connectivity index (χ4n) is 2.70. The predicted molar refractivity (Wildman–Crippen MR) is 96.7 cm³/mol. The number of thioether (sulfide) groups is 1. The largest absolute Gasteiger partial charge is 0.438 e. The van der Waals surface area contributed by atoms with Gasteiger partial charge in [0.1, 0.15) is 10.8 Å². The van der Waals surface area contributed by atoms with Crippen LogP contribution in [0.3, 0.4) is 0 Å². The van der Waals surface area contributed by atoms with E-state index in [1.807, 2.05) is 54.6 Å². The second-order valence-corrected chi connectivity index (χ2v) is 6.61. The van der Waals surface area contributed by atoms with Gasteiger partial charge in [-0.05, 0) is 11.6 Å². The van der Waals surface area contributed by atoms with Gasteiger partial charge in [0.15, 0.2) is 5.82 Å². The molecule has 0 spiro atoms. The Bertz CT molecular complexity index is 945. The van der Waals surface area contributed by atoms with E-state index >= 15 is 0 Å². The van der Waals surface area contributed by atoms with Crippen LogP contribution in [0.25, 0.3) is 11.4 Å². The molecule has 0 saturated heterocycles. The first-order valence-corrected chi connectivity index (χ1v) is 8.82. The molecular weight excluding hydrogens is 334 g/mol. The van der Waals surface area contributed by atoms with Crippen molar-refractivity contribution in [2.75, 3.05) is 5.75 Å². The van der Waals surface area contributed by atoms with Gasteiger partial charge in [0.2, 0.25) is 11.8 Å². The third kappa shape index (κ3) is 3.21. The summed E-state index contributed by atoms with van der Waals surface area (Å²) < 4.78 is 6.01. The Balaban J connectivity index is 1.80. The van der Waals surface area contributed by atoms with Crippen LogP contribution in [-0.2, 0) is 11.2 Å². The first kappa shape index (κ1) is 15.7. The summed E-state index contributed by atoms with van der Waals surface area (Å²) in [5.41, 5.74) is 8.17. The van der Waals surface area contributed by atoms with Gasteiger partial charge in [0, 0.05) is 12.0 Å². The van der Waals surface area contributed by atoms with Crippen LogP contribution in [0.15, 0.2) is 59.6 Å². The molecule has 124 valence electrons. The Morgan fingerprint density at radius 2 is 1.84 bits per heavy atom. The Hall–Kier alpha value is -2.86. The van der Waals surface area contributed by atoms with E-state index in [1.54, 1.807) is 0 Å². The molecule has 0 aliphatic carbocycles. The van der Waals surface area contributed by atoms with Crippen molar-refractivity contribution in [3.63, 3.8) is 0 Å². The number of para-hydroxylation sites is 1. The van der Waals surface area contributed by atoms with Crippen molar-refractivity contribution < 1.29 is 9.53 Å². The molecule has 0 atom stereocenters. The third-order valence-corrected chi connectivity index (χ3v) is 4.90. The second-order valence-electron chi connectivity index (χ2n) is 5.64. The van der Waals surface area contributed by atoms with Gasteiger partial charge >= 0.3 is 0 Å². The molecule has 3 aromatic rings. The number of fused-ring (bicyclic) bond motifs is 2. The van der Waals surface area contributed by atoms with Crippen LogP contribution < -0.4 is 10.5 Å². The zero-order valence-electron chi connectivity index (χ0n) is 13.3. The van der Waals surface area contributed by atoms with E-state index in [0.29, 0.717) is 18.1 Å². The summed E-state index contributed by atoms with van der Waals surface area (Å²) in [6.07, 6.45) is 0.668. The van der Waals surface area contributed by atoms with Crippen molar-refractivity contribution in [3.05, 3.63) is 65.7 Å². The van der Waals surface area contributed by atoms with Crippen LogP contribution in [0.2, 0.25) is 0 Å². The number of nitrogens with two attached hydrogens (primary N) is 1. The summed E-state index contributed by atoms with van der Waals surface area (Å²) >= 11 is 1.32. The normalized spacial score (nSPS) is 12.0. The molecule has 25 heavy (non-hydrogen) atoms. The van der Waals surface area contributed by atoms with Gasteiger partial charge in [-0.2, -0.15) is 4.98 Å². The van der Waals surface area contributed by atoms with Crippen molar-refractivity contribution in [2.24, 2.45) is 5.73 Å². The lowest BCUT2D eigenvalue weighted by Gasteiger charge is -2.21. The Kier molecular flexibility index (Phi) is 4.11. The van der Waals surface area contributed by atoms with E-state index in [9.17, 15) is 4.79 Å². The number of rotatable bonds is 4. The maximum atomic E-state index is 11.2. The third-order valence-electron chi connectivity index (χ3n) is 3.86. The first-order valence-electron chi connectivity index (χ1n) is 7.84. The number of ether oxygens (including phenoxy) is 1. The molecule has 1 aliphatic rings. The van der Waals surface area contributed by atoms with Gasteiger partial charge in [-0.1, -0.05) is 60.3 Å². The number of primary amides is 1. The number of carbonyl (C=O) groups is 1. The topological polar surface area (TPSA) is 78.1 Å². The summed E-state index contributed by atoms with van der Waals surface area (Å²) in [6, 6.07) is 17.6. The molecule has 1 aliphatic heterocycles. The molecule has 0 unspecified atom stereocenters. The molecule has 0 bridgehead atoms. The lowest BCUT2D eigenvalue weighted by molar-refractivity contribution is -0.115. The van der Waals surface area contributed by atoms with Crippen molar-refractivity contribution in [3.8, 4) is 23.0 Å². The molecule has 0 radical (unpaired) electrons. The van der Waals surface area contributed by atoms with E-state index < -0.39 is 0 Å². The Labute approximate surface area is 149 Å². The minimum absolute atomic E-state index is 0.166. The molecule has 0 fully saturated rings. The smallest absolute Gasteiger partial charge is 0.227 e. The number of aromatic nitrogens is 2. The van der Waals surface area contributed by atoms with Crippen molar-refractivity contribution in [1.29, 1.82) is 0 Å². The second kappa shape index (κ2) is 6.57. The van der Waals surface area contributed by atoms with Gasteiger partial charge in [-0.25, -0.2) is 4.98 Å². The number of carbonyl (C=O) groups excluding carboxylic acids is 1. The number of benzene rings is 2. The summed E-state index contributed by atoms with van der Waals surface area (Å²) in [7, 11) is 0. The molecule has 6 heteroatoms. The molecule has 2 aromatic carbocycles. The highest BCUT2D eigenvalue weighted by Gasteiger charge is 2.24. The van der Waals surface area contributed by atoms with Crippen molar-refractivity contribution in [1.82, 2.24) is 9.97 Å². The van der Waals surface area contributed by atoms with Crippen molar-refractivity contribution in [2.45, 2.75) is 11.4 Å². The molecule has 5 nitrogen and oxygen atoms in total. The zero-order chi connectivity index (χ0) is 17.2.